The number of carboxylic acid groups (broad SMARTS) is 2. The van der Waals surface area contributed by atoms with Crippen LogP contribution in [0.4, 0.5) is 0 Å². The summed E-state index contributed by atoms with van der Waals surface area (Å²) in [5.41, 5.74) is 0.390. The van der Waals surface area contributed by atoms with Gasteiger partial charge in [0.25, 0.3) is 0 Å². The van der Waals surface area contributed by atoms with Crippen LogP contribution >= 0.6 is 0 Å². The second-order valence-electron chi connectivity index (χ2n) is 22.9. The molecule has 5 atom stereocenters. The molecule has 13 nitrogen and oxygen atoms in total. The van der Waals surface area contributed by atoms with Gasteiger partial charge in [-0.05, 0) is 121 Å². The fourth-order valence-electron chi connectivity index (χ4n) is 9.28. The normalized spacial score (nSPS) is 15.5. The van der Waals surface area contributed by atoms with Gasteiger partial charge in [0, 0.05) is 44.4 Å². The number of rotatable bonds is 45. The molecule has 0 fully saturated rings. The number of carboxylic acids is 2. The fourth-order valence-corrected chi connectivity index (χ4v) is 39.3. The van der Waals surface area contributed by atoms with Crippen LogP contribution in [-0.4, -0.2) is 99.2 Å². The number of nitrogens with one attached hydrogen (secondary N) is 1. The summed E-state index contributed by atoms with van der Waals surface area (Å²) in [6.45, 7) is 33.9. The average Bonchev–Trinajstić information content (AvgIpc) is 3.20. The molecule has 0 heterocycles. The van der Waals surface area contributed by atoms with Crippen molar-refractivity contribution >= 4 is 74.6 Å². The molecular formula is C50H106K2N2O11Si6. The van der Waals surface area contributed by atoms with Crippen LogP contribution in [-0.2, 0) is 39.8 Å². The van der Waals surface area contributed by atoms with E-state index < -0.39 is 81.6 Å². The molecule has 5 unspecified atom stereocenters. The van der Waals surface area contributed by atoms with Gasteiger partial charge in [-0.15, -0.1) is 0 Å². The Morgan fingerprint density at radius 1 is 0.479 bits per heavy atom. The summed E-state index contributed by atoms with van der Waals surface area (Å²) in [6, 6.07) is 0.526. The average molecular weight is 1160 g/mol. The molecule has 0 aromatic rings. The largest absolute Gasteiger partial charge is 1.00 e. The van der Waals surface area contributed by atoms with Gasteiger partial charge in [0.1, 0.15) is 0 Å². The summed E-state index contributed by atoms with van der Waals surface area (Å²) in [6.07, 6.45) is 24.0. The van der Waals surface area contributed by atoms with Gasteiger partial charge in [-0.3, -0.25) is 9.59 Å². The maximum atomic E-state index is 13.5. The summed E-state index contributed by atoms with van der Waals surface area (Å²) in [7, 11) is -16.2. The summed E-state index contributed by atoms with van der Waals surface area (Å²) >= 11 is 0. The van der Waals surface area contributed by atoms with Crippen molar-refractivity contribution in [3.05, 3.63) is 0 Å². The molecule has 0 aromatic carbocycles. The molecule has 0 bridgehead atoms. The van der Waals surface area contributed by atoms with E-state index in [1.165, 1.54) is 103 Å². The molecule has 0 aliphatic heterocycles. The monoisotopic (exact) mass is 1160 g/mol. The summed E-state index contributed by atoms with van der Waals surface area (Å²) in [5, 5.41) is 25.0. The molecule has 0 saturated heterocycles. The molecule has 0 aliphatic rings. The Balaban J connectivity index is -0.0000231. The van der Waals surface area contributed by atoms with Crippen LogP contribution in [0.3, 0.4) is 0 Å². The van der Waals surface area contributed by atoms with Gasteiger partial charge >= 0.3 is 137 Å². The molecular weight excluding hydrogens is 1050 g/mol. The smallest absolute Gasteiger partial charge is 0.550 e. The van der Waals surface area contributed by atoms with E-state index in [0.29, 0.717) is 12.5 Å². The van der Waals surface area contributed by atoms with E-state index >= 15 is 0 Å². The first-order valence-electron chi connectivity index (χ1n) is 27.5. The zero-order chi connectivity index (χ0) is 52.8. The first-order chi connectivity index (χ1) is 32.0. The van der Waals surface area contributed by atoms with E-state index in [0.717, 1.165) is 25.7 Å². The van der Waals surface area contributed by atoms with E-state index in [1.54, 1.807) is 4.90 Å². The maximum absolute atomic E-state index is 13.5. The first-order valence-corrected chi connectivity index (χ1v) is 44.4. The number of carbonyl (C=O) groups excluding carboxylic acids is 4. The molecule has 1 N–H and O–H groups in total. The number of nitrogens with zero attached hydrogens (tertiary/aromatic N) is 1. The van der Waals surface area contributed by atoms with Crippen LogP contribution in [0.15, 0.2) is 0 Å². The Hall–Kier alpha value is 2.25. The van der Waals surface area contributed by atoms with Crippen molar-refractivity contribution in [3.8, 4) is 0 Å². The van der Waals surface area contributed by atoms with Crippen molar-refractivity contribution in [1.29, 1.82) is 0 Å². The quantitative estimate of drug-likeness (QED) is 0.0587. The predicted octanol–water partition coefficient (Wildman–Crippen LogP) is 5.68. The topological polar surface area (TPSA) is 176 Å². The zero-order valence-electron chi connectivity index (χ0n) is 49.1. The molecule has 0 rings (SSSR count). The zero-order valence-corrected chi connectivity index (χ0v) is 61.3. The summed E-state index contributed by atoms with van der Waals surface area (Å²) < 4.78 is 37.1. The van der Waals surface area contributed by atoms with Crippen molar-refractivity contribution in [2.24, 2.45) is 0 Å². The van der Waals surface area contributed by atoms with Crippen LogP contribution in [0.5, 0.6) is 0 Å². The maximum Gasteiger partial charge on any atom is 1.00 e. The summed E-state index contributed by atoms with van der Waals surface area (Å²) in [5.74, 6) is -3.46. The third-order valence-electron chi connectivity index (χ3n) is 12.8. The van der Waals surface area contributed by atoms with Crippen LogP contribution in [0.1, 0.15) is 188 Å². The second kappa shape index (κ2) is 41.3. The summed E-state index contributed by atoms with van der Waals surface area (Å²) in [4.78, 5) is 49.7. The van der Waals surface area contributed by atoms with Gasteiger partial charge in [0.15, 0.2) is 16.6 Å². The molecule has 21 heteroatoms. The molecule has 0 spiro atoms. The number of unbranched alkanes of at least 4 members (excludes halogenated alkanes) is 16. The van der Waals surface area contributed by atoms with Crippen LogP contribution in [0.25, 0.3) is 0 Å². The first kappa shape index (κ1) is 77.5. The standard InChI is InChI=1S/C50H108N2O11Si6.2K/c1-16-18-20-22-24-26-27-29-31-32-35-45(3)68(14,60-65(8,9)10)63-69(15,46(4)36-33-30-28-25-23-21-19-17-2)62-67(13,61-66(11,12)59-64(5,6)7)44-34-42-52(48(54)38-40-50(57)58)43-41-51-47(53)37-39-49(55)56;;/h45-46H,16-44H2,1-15H3,(H,51,53)(H,55,56)(H,57,58);;/q;2*+1/p-2. The molecule has 71 heavy (non-hydrogen) atoms. The molecule has 0 aromatic heterocycles. The predicted molar refractivity (Wildman–Crippen MR) is 294 cm³/mol. The van der Waals surface area contributed by atoms with Gasteiger partial charge in [-0.2, -0.15) is 0 Å². The van der Waals surface area contributed by atoms with Gasteiger partial charge in [0.05, 0.1) is 0 Å². The number of hydrogen-bond donors (Lipinski definition) is 1. The van der Waals surface area contributed by atoms with E-state index in [-0.39, 0.29) is 152 Å². The van der Waals surface area contributed by atoms with Crippen LogP contribution in [0.2, 0.25) is 89.1 Å². The van der Waals surface area contributed by atoms with Gasteiger partial charge < -0.3 is 50.6 Å². The molecule has 2 amide bonds. The van der Waals surface area contributed by atoms with E-state index in [2.05, 4.69) is 105 Å². The number of carbonyl (C=O) groups is 4. The number of amides is 2. The minimum atomic E-state index is -3.21. The second-order valence-corrected chi connectivity index (χ2v) is 47.0. The molecule has 408 valence electrons. The third kappa shape index (κ3) is 41.0. The third-order valence-corrected chi connectivity index (χ3v) is 37.0. The Morgan fingerprint density at radius 2 is 0.873 bits per heavy atom. The molecule has 0 aliphatic carbocycles. The van der Waals surface area contributed by atoms with Crippen molar-refractivity contribution in [2.75, 3.05) is 19.6 Å². The minimum Gasteiger partial charge on any atom is -0.550 e. The van der Waals surface area contributed by atoms with E-state index in [4.69, 9.17) is 20.6 Å². The van der Waals surface area contributed by atoms with Gasteiger partial charge in [-0.25, -0.2) is 0 Å². The van der Waals surface area contributed by atoms with Crippen molar-refractivity contribution in [3.63, 3.8) is 0 Å². The van der Waals surface area contributed by atoms with Crippen molar-refractivity contribution < 1.29 is 153 Å². The Bertz CT molecular complexity index is 1450. The van der Waals surface area contributed by atoms with Crippen LogP contribution < -0.4 is 118 Å². The Morgan fingerprint density at radius 3 is 1.28 bits per heavy atom. The van der Waals surface area contributed by atoms with E-state index in [9.17, 15) is 29.4 Å². The Labute approximate surface area is 527 Å². The SMILES string of the molecule is CCCCCCCCCCCCC(C)[Si](C)(O[Si](C)(C)C)O[Si](C)(O[Si](C)(CCCN(CCNC(=O)CCC(=O)[O-])C(=O)CCC(=O)[O-])O[Si](C)(C)O[Si](C)(C)C)C(C)CCCCCCCCCC.[K+].[K+]. The van der Waals surface area contributed by atoms with Gasteiger partial charge in [-0.1, -0.05) is 143 Å². The van der Waals surface area contributed by atoms with Crippen molar-refractivity contribution in [2.45, 2.75) is 277 Å². The van der Waals surface area contributed by atoms with Gasteiger partial charge in [0.2, 0.25) is 11.8 Å². The van der Waals surface area contributed by atoms with Crippen molar-refractivity contribution in [1.82, 2.24) is 10.2 Å². The molecule has 0 saturated carbocycles. The van der Waals surface area contributed by atoms with E-state index in [1.807, 2.05) is 0 Å². The minimum absolute atomic E-state index is 0. The fraction of sp³-hybridized carbons (Fsp3) is 0.920. The van der Waals surface area contributed by atoms with Crippen LogP contribution in [0, 0.1) is 0 Å². The Kier molecular flexibility index (Phi) is 45.1. The number of hydrogen-bond acceptors (Lipinski definition) is 11. The molecule has 0 radical (unpaired) electrons. The number of aliphatic carboxylic acids is 2.